The number of carbonyl (C=O) groups excluding carboxylic acids is 1. The van der Waals surface area contributed by atoms with Gasteiger partial charge in [-0.25, -0.2) is 4.79 Å². The third-order valence-electron chi connectivity index (χ3n) is 1.79. The molecule has 3 nitrogen and oxygen atoms in total. The first-order valence-electron chi connectivity index (χ1n) is 3.79. The van der Waals surface area contributed by atoms with Crippen LogP contribution in [0.4, 0.5) is 10.5 Å². The van der Waals surface area contributed by atoms with Crippen LogP contribution >= 0.6 is 0 Å². The Morgan fingerprint density at radius 2 is 2.50 bits per heavy atom. The minimum Gasteiger partial charge on any atom is -0.449 e. The minimum atomic E-state index is -0.375. The minimum absolute atomic E-state index is 0.375. The summed E-state index contributed by atoms with van der Waals surface area (Å²) >= 11 is 0. The van der Waals surface area contributed by atoms with Crippen LogP contribution in [0.25, 0.3) is 0 Å². The summed E-state index contributed by atoms with van der Waals surface area (Å²) in [4.78, 5) is 10.9. The summed E-state index contributed by atoms with van der Waals surface area (Å²) in [6.45, 7) is 0.441. The van der Waals surface area contributed by atoms with E-state index in [4.69, 9.17) is 4.74 Å². The number of amides is 1. The number of hydrogen-bond acceptors (Lipinski definition) is 2. The number of rotatable bonds is 0. The maximum atomic E-state index is 10.9. The van der Waals surface area contributed by atoms with Gasteiger partial charge >= 0.3 is 6.09 Å². The van der Waals surface area contributed by atoms with Crippen molar-refractivity contribution in [1.29, 1.82) is 0 Å². The van der Waals surface area contributed by atoms with Crippen LogP contribution in [-0.4, -0.2) is 12.7 Å². The Bertz CT molecular complexity index is 309. The molecule has 1 aliphatic rings. The number of cyclic esters (lactones) is 1. The molecule has 0 atom stereocenters. The van der Waals surface area contributed by atoms with E-state index in [1.54, 1.807) is 6.07 Å². The molecule has 1 radical (unpaired) electrons. The highest BCUT2D eigenvalue weighted by atomic mass is 16.5. The highest BCUT2D eigenvalue weighted by Gasteiger charge is 2.11. The van der Waals surface area contributed by atoms with E-state index >= 15 is 0 Å². The molecule has 1 N–H and O–H groups in total. The van der Waals surface area contributed by atoms with Gasteiger partial charge in [0.05, 0.1) is 6.61 Å². The monoisotopic (exact) mass is 162 g/mol. The van der Waals surface area contributed by atoms with Crippen LogP contribution in [0.15, 0.2) is 18.2 Å². The van der Waals surface area contributed by atoms with E-state index in [0.29, 0.717) is 6.61 Å². The molecule has 1 amide bonds. The highest BCUT2D eigenvalue weighted by molar-refractivity contribution is 5.86. The lowest BCUT2D eigenvalue weighted by Crippen LogP contribution is -2.11. The summed E-state index contributed by atoms with van der Waals surface area (Å²) < 4.78 is 4.82. The Balaban J connectivity index is 2.37. The topological polar surface area (TPSA) is 38.3 Å². The number of hydrogen-bond donors (Lipinski definition) is 1. The van der Waals surface area contributed by atoms with Crippen LogP contribution in [0.5, 0.6) is 0 Å². The number of anilines is 1. The normalized spacial score (nSPS) is 15.5. The molecule has 0 bridgehead atoms. The Morgan fingerprint density at radius 3 is 3.42 bits per heavy atom. The van der Waals surface area contributed by atoms with Crippen molar-refractivity contribution in [2.24, 2.45) is 0 Å². The van der Waals surface area contributed by atoms with Crippen molar-refractivity contribution < 1.29 is 9.53 Å². The zero-order valence-electron chi connectivity index (χ0n) is 6.46. The first-order valence-corrected chi connectivity index (χ1v) is 3.79. The zero-order chi connectivity index (χ0) is 8.39. The SMILES string of the molecule is O=C1Nc2cc[c]cc2CCO1. The number of nitrogens with one attached hydrogen (secondary N) is 1. The van der Waals surface area contributed by atoms with Crippen LogP contribution < -0.4 is 5.32 Å². The molecule has 1 heterocycles. The second-order valence-corrected chi connectivity index (χ2v) is 2.59. The van der Waals surface area contributed by atoms with Crippen LogP contribution in [0.2, 0.25) is 0 Å². The van der Waals surface area contributed by atoms with Crippen LogP contribution in [0, 0.1) is 6.07 Å². The Hall–Kier alpha value is -1.51. The molecule has 0 fully saturated rings. The van der Waals surface area contributed by atoms with Gasteiger partial charge in [-0.1, -0.05) is 6.07 Å². The van der Waals surface area contributed by atoms with Gasteiger partial charge in [-0.05, 0) is 23.8 Å². The van der Waals surface area contributed by atoms with E-state index in [-0.39, 0.29) is 6.09 Å². The second-order valence-electron chi connectivity index (χ2n) is 2.59. The number of benzene rings is 1. The predicted molar refractivity (Wildman–Crippen MR) is 44.0 cm³/mol. The number of ether oxygens (including phenoxy) is 1. The first-order chi connectivity index (χ1) is 5.86. The molecule has 12 heavy (non-hydrogen) atoms. The summed E-state index contributed by atoms with van der Waals surface area (Å²) in [5, 5.41) is 2.64. The molecular formula is C9H8NO2. The van der Waals surface area contributed by atoms with E-state index in [2.05, 4.69) is 11.4 Å². The summed E-state index contributed by atoms with van der Waals surface area (Å²) in [5.74, 6) is 0. The molecular weight excluding hydrogens is 154 g/mol. The van der Waals surface area contributed by atoms with Crippen molar-refractivity contribution in [3.05, 3.63) is 29.8 Å². The maximum Gasteiger partial charge on any atom is 0.411 e. The molecule has 3 heteroatoms. The molecule has 0 saturated heterocycles. The Kier molecular flexibility index (Phi) is 1.70. The van der Waals surface area contributed by atoms with Gasteiger partial charge in [-0.15, -0.1) is 0 Å². The van der Waals surface area contributed by atoms with Crippen molar-refractivity contribution in [2.45, 2.75) is 6.42 Å². The Labute approximate surface area is 70.3 Å². The third kappa shape index (κ3) is 1.25. The lowest BCUT2D eigenvalue weighted by Gasteiger charge is -2.02. The van der Waals surface area contributed by atoms with Crippen LogP contribution in [0.3, 0.4) is 0 Å². The summed E-state index contributed by atoms with van der Waals surface area (Å²) in [6.07, 6.45) is 0.380. The quantitative estimate of drug-likeness (QED) is 0.629. The number of fused-ring (bicyclic) bond motifs is 1. The van der Waals surface area contributed by atoms with E-state index < -0.39 is 0 Å². The molecule has 2 rings (SSSR count). The maximum absolute atomic E-state index is 10.9. The molecule has 1 aliphatic heterocycles. The van der Waals surface area contributed by atoms with Gasteiger partial charge in [-0.2, -0.15) is 0 Å². The molecule has 1 aromatic carbocycles. The van der Waals surface area contributed by atoms with Gasteiger partial charge < -0.3 is 4.74 Å². The van der Waals surface area contributed by atoms with Gasteiger partial charge in [0, 0.05) is 12.1 Å². The predicted octanol–water partition coefficient (Wildman–Crippen LogP) is 1.59. The molecule has 0 unspecified atom stereocenters. The average Bonchev–Trinajstić information content (AvgIpc) is 2.25. The molecule has 1 aromatic rings. The molecule has 0 aromatic heterocycles. The van der Waals surface area contributed by atoms with Gasteiger partial charge in [0.2, 0.25) is 0 Å². The van der Waals surface area contributed by atoms with Crippen molar-refractivity contribution in [3.8, 4) is 0 Å². The van der Waals surface area contributed by atoms with Crippen molar-refractivity contribution in [3.63, 3.8) is 0 Å². The molecule has 61 valence electrons. The fourth-order valence-corrected chi connectivity index (χ4v) is 1.19. The Morgan fingerprint density at radius 1 is 1.58 bits per heavy atom. The lowest BCUT2D eigenvalue weighted by molar-refractivity contribution is 0.165. The molecule has 0 aliphatic carbocycles. The first kappa shape index (κ1) is 7.16. The van der Waals surface area contributed by atoms with Gasteiger partial charge in [-0.3, -0.25) is 5.32 Å². The summed E-state index contributed by atoms with van der Waals surface area (Å²) in [7, 11) is 0. The van der Waals surface area contributed by atoms with Crippen LogP contribution in [0.1, 0.15) is 5.56 Å². The zero-order valence-corrected chi connectivity index (χ0v) is 6.46. The van der Waals surface area contributed by atoms with Crippen LogP contribution in [-0.2, 0) is 11.2 Å². The smallest absolute Gasteiger partial charge is 0.411 e. The van der Waals surface area contributed by atoms with E-state index in [0.717, 1.165) is 17.7 Å². The fraction of sp³-hybridized carbons (Fsp3) is 0.222. The molecule has 0 spiro atoms. The highest BCUT2D eigenvalue weighted by Crippen LogP contribution is 2.17. The van der Waals surface area contributed by atoms with Crippen molar-refractivity contribution >= 4 is 11.8 Å². The standard InChI is InChI=1S/C9H8NO2/c11-9-10-8-4-2-1-3-7(8)5-6-12-9/h2-4H,5-6H2,(H,10,11). The fourth-order valence-electron chi connectivity index (χ4n) is 1.19. The van der Waals surface area contributed by atoms with E-state index in [1.807, 2.05) is 12.1 Å². The molecule has 0 saturated carbocycles. The van der Waals surface area contributed by atoms with Crippen molar-refractivity contribution in [1.82, 2.24) is 0 Å². The largest absolute Gasteiger partial charge is 0.449 e. The lowest BCUT2D eigenvalue weighted by atomic mass is 10.1. The van der Waals surface area contributed by atoms with E-state index in [1.165, 1.54) is 0 Å². The average molecular weight is 162 g/mol. The second kappa shape index (κ2) is 2.85. The third-order valence-corrected chi connectivity index (χ3v) is 1.79. The summed E-state index contributed by atoms with van der Waals surface area (Å²) in [6, 6.07) is 8.41. The number of carbonyl (C=O) groups is 1. The van der Waals surface area contributed by atoms with Gasteiger partial charge in [0.25, 0.3) is 0 Å². The van der Waals surface area contributed by atoms with Crippen molar-refractivity contribution in [2.75, 3.05) is 11.9 Å². The summed E-state index contributed by atoms with van der Waals surface area (Å²) in [5.41, 5.74) is 1.90. The van der Waals surface area contributed by atoms with Gasteiger partial charge in [0.15, 0.2) is 0 Å². The van der Waals surface area contributed by atoms with Gasteiger partial charge in [0.1, 0.15) is 0 Å². The van der Waals surface area contributed by atoms with E-state index in [9.17, 15) is 4.79 Å².